The van der Waals surface area contributed by atoms with Gasteiger partial charge in [0.2, 0.25) is 0 Å². The molecule has 58 valence electrons. The molecule has 0 saturated carbocycles. The summed E-state index contributed by atoms with van der Waals surface area (Å²) in [5, 5.41) is 8.27. The van der Waals surface area contributed by atoms with Crippen LogP contribution in [0.25, 0.3) is 0 Å². The van der Waals surface area contributed by atoms with Crippen molar-refractivity contribution < 1.29 is 9.90 Å². The van der Waals surface area contributed by atoms with E-state index in [-0.39, 0.29) is 6.42 Å². The number of carbonyl (C=O) groups is 1. The highest BCUT2D eigenvalue weighted by molar-refractivity contribution is 6.80. The number of rotatable bonds is 3. The van der Waals surface area contributed by atoms with Gasteiger partial charge < -0.3 is 5.11 Å². The first-order valence-electron chi connectivity index (χ1n) is 3.31. The van der Waals surface area contributed by atoms with Gasteiger partial charge in [-0.25, -0.2) is 0 Å². The molecule has 0 unspecified atom stereocenters. The first-order valence-corrected chi connectivity index (χ1v) is 6.89. The van der Waals surface area contributed by atoms with E-state index < -0.39 is 14.0 Å². The molecule has 0 aliphatic carbocycles. The minimum Gasteiger partial charge on any atom is -0.481 e. The van der Waals surface area contributed by atoms with E-state index in [0.29, 0.717) is 0 Å². The topological polar surface area (TPSA) is 37.3 Å². The maximum atomic E-state index is 10.0. The Kier molecular flexibility index (Phi) is 3.36. The van der Waals surface area contributed by atoms with E-state index in [2.05, 4.69) is 19.6 Å². The standard InChI is InChI=1S/C7H14O2Si/c1-10(2,3)6-4-5-7(8)9/h4,6H,5H2,1-3H3,(H,8,9)/b6-4-. The summed E-state index contributed by atoms with van der Waals surface area (Å²) in [6.45, 7) is 6.52. The van der Waals surface area contributed by atoms with Crippen molar-refractivity contribution in [3.63, 3.8) is 0 Å². The second kappa shape index (κ2) is 3.56. The first-order chi connectivity index (χ1) is 4.42. The van der Waals surface area contributed by atoms with Gasteiger partial charge in [0.25, 0.3) is 0 Å². The predicted molar refractivity (Wildman–Crippen MR) is 44.7 cm³/mol. The number of carboxylic acids is 1. The van der Waals surface area contributed by atoms with Crippen LogP contribution in [0.4, 0.5) is 0 Å². The van der Waals surface area contributed by atoms with Gasteiger partial charge in [0, 0.05) is 0 Å². The maximum absolute atomic E-state index is 10.0. The fourth-order valence-corrected chi connectivity index (χ4v) is 1.34. The van der Waals surface area contributed by atoms with Crippen molar-refractivity contribution in [3.8, 4) is 0 Å². The average Bonchev–Trinajstić information content (AvgIpc) is 1.59. The number of hydrogen-bond acceptors (Lipinski definition) is 1. The van der Waals surface area contributed by atoms with Crippen molar-refractivity contribution in [1.82, 2.24) is 0 Å². The van der Waals surface area contributed by atoms with Gasteiger partial charge in [0.1, 0.15) is 0 Å². The Balaban J connectivity index is 3.67. The zero-order valence-electron chi connectivity index (χ0n) is 6.72. The molecular formula is C7H14O2Si. The summed E-state index contributed by atoms with van der Waals surface area (Å²) in [7, 11) is -1.17. The van der Waals surface area contributed by atoms with E-state index in [1.165, 1.54) is 0 Å². The monoisotopic (exact) mass is 158 g/mol. The molecule has 0 amide bonds. The van der Waals surface area contributed by atoms with E-state index in [0.717, 1.165) is 0 Å². The molecule has 0 fully saturated rings. The van der Waals surface area contributed by atoms with Crippen molar-refractivity contribution in [3.05, 3.63) is 11.8 Å². The molecule has 3 heteroatoms. The molecule has 0 aromatic heterocycles. The number of hydrogen-bond donors (Lipinski definition) is 1. The molecule has 0 aromatic carbocycles. The third kappa shape index (κ3) is 7.43. The molecule has 0 radical (unpaired) electrons. The van der Waals surface area contributed by atoms with Gasteiger partial charge in [-0.3, -0.25) is 4.79 Å². The van der Waals surface area contributed by atoms with Crippen molar-refractivity contribution in [2.75, 3.05) is 0 Å². The molecule has 0 bridgehead atoms. The van der Waals surface area contributed by atoms with E-state index in [9.17, 15) is 4.79 Å². The van der Waals surface area contributed by atoms with E-state index in [1.807, 2.05) is 5.70 Å². The molecule has 0 aliphatic rings. The molecule has 1 N–H and O–H groups in total. The van der Waals surface area contributed by atoms with Crippen LogP contribution in [0.5, 0.6) is 0 Å². The smallest absolute Gasteiger partial charge is 0.307 e. The van der Waals surface area contributed by atoms with Gasteiger partial charge >= 0.3 is 5.97 Å². The molecule has 0 atom stereocenters. The molecule has 0 aliphatic heterocycles. The molecule has 0 aromatic rings. The molecular weight excluding hydrogens is 144 g/mol. The Morgan fingerprint density at radius 1 is 1.50 bits per heavy atom. The normalized spacial score (nSPS) is 12.3. The van der Waals surface area contributed by atoms with Crippen molar-refractivity contribution in [1.29, 1.82) is 0 Å². The summed E-state index contributed by atoms with van der Waals surface area (Å²) < 4.78 is 0. The summed E-state index contributed by atoms with van der Waals surface area (Å²) >= 11 is 0. The van der Waals surface area contributed by atoms with Crippen LogP contribution in [-0.4, -0.2) is 19.1 Å². The molecule has 0 rings (SSSR count). The Hall–Kier alpha value is -0.573. The van der Waals surface area contributed by atoms with Crippen LogP contribution in [0.2, 0.25) is 19.6 Å². The molecule has 0 saturated heterocycles. The fourth-order valence-electron chi connectivity index (χ4n) is 0.513. The first kappa shape index (κ1) is 9.43. The largest absolute Gasteiger partial charge is 0.481 e. The zero-order valence-corrected chi connectivity index (χ0v) is 7.72. The minimum atomic E-state index is -1.17. The lowest BCUT2D eigenvalue weighted by Gasteiger charge is -2.06. The van der Waals surface area contributed by atoms with Gasteiger partial charge in [0.15, 0.2) is 0 Å². The third-order valence-corrected chi connectivity index (χ3v) is 2.15. The molecule has 0 spiro atoms. The Labute approximate surface area is 62.6 Å². The van der Waals surface area contributed by atoms with Crippen LogP contribution in [0.3, 0.4) is 0 Å². The van der Waals surface area contributed by atoms with Gasteiger partial charge in [0.05, 0.1) is 14.5 Å². The highest BCUT2D eigenvalue weighted by Gasteiger charge is 2.06. The van der Waals surface area contributed by atoms with Crippen LogP contribution in [0.1, 0.15) is 6.42 Å². The Morgan fingerprint density at radius 3 is 2.30 bits per heavy atom. The predicted octanol–water partition coefficient (Wildman–Crippen LogP) is 1.89. The van der Waals surface area contributed by atoms with E-state index in [1.54, 1.807) is 6.08 Å². The number of carboxylic acid groups (broad SMARTS) is 1. The lowest BCUT2D eigenvalue weighted by molar-refractivity contribution is -0.135. The average molecular weight is 158 g/mol. The van der Waals surface area contributed by atoms with E-state index >= 15 is 0 Å². The highest BCUT2D eigenvalue weighted by atomic mass is 28.3. The Bertz CT molecular complexity index is 144. The van der Waals surface area contributed by atoms with Crippen LogP contribution in [0.15, 0.2) is 11.8 Å². The second-order valence-electron chi connectivity index (χ2n) is 3.37. The zero-order chi connectivity index (χ0) is 8.20. The summed E-state index contributed by atoms with van der Waals surface area (Å²) in [6.07, 6.45) is 1.90. The quantitative estimate of drug-likeness (QED) is 0.637. The second-order valence-corrected chi connectivity index (χ2v) is 8.43. The van der Waals surface area contributed by atoms with Crippen LogP contribution < -0.4 is 0 Å². The van der Waals surface area contributed by atoms with Crippen LogP contribution in [-0.2, 0) is 4.79 Å². The van der Waals surface area contributed by atoms with Crippen LogP contribution >= 0.6 is 0 Å². The summed E-state index contributed by atoms with van der Waals surface area (Å²) in [4.78, 5) is 10.0. The van der Waals surface area contributed by atoms with Crippen molar-refractivity contribution in [2.24, 2.45) is 0 Å². The summed E-state index contributed by atoms with van der Waals surface area (Å²) in [6, 6.07) is 0. The summed E-state index contributed by atoms with van der Waals surface area (Å²) in [5.41, 5.74) is 2.04. The molecule has 10 heavy (non-hydrogen) atoms. The van der Waals surface area contributed by atoms with Gasteiger partial charge in [-0.2, -0.15) is 0 Å². The summed E-state index contributed by atoms with van der Waals surface area (Å²) in [5.74, 6) is -0.755. The van der Waals surface area contributed by atoms with Crippen LogP contribution in [0, 0.1) is 0 Å². The minimum absolute atomic E-state index is 0.157. The maximum Gasteiger partial charge on any atom is 0.307 e. The SMILES string of the molecule is C[Si](C)(C)/C=C\CC(=O)O. The lowest BCUT2D eigenvalue weighted by Crippen LogP contribution is -2.15. The molecule has 0 heterocycles. The van der Waals surface area contributed by atoms with E-state index in [4.69, 9.17) is 5.11 Å². The van der Waals surface area contributed by atoms with Gasteiger partial charge in [-0.15, -0.1) is 0 Å². The highest BCUT2D eigenvalue weighted by Crippen LogP contribution is 2.02. The van der Waals surface area contributed by atoms with Gasteiger partial charge in [-0.05, 0) is 0 Å². The van der Waals surface area contributed by atoms with Gasteiger partial charge in [-0.1, -0.05) is 31.4 Å². The van der Waals surface area contributed by atoms with Crippen molar-refractivity contribution in [2.45, 2.75) is 26.1 Å². The molecule has 2 nitrogen and oxygen atoms in total. The van der Waals surface area contributed by atoms with Crippen molar-refractivity contribution >= 4 is 14.0 Å². The fraction of sp³-hybridized carbons (Fsp3) is 0.571. The third-order valence-electron chi connectivity index (χ3n) is 0.910. The number of aliphatic carboxylic acids is 1. The lowest BCUT2D eigenvalue weighted by atomic mass is 10.4. The Morgan fingerprint density at radius 2 is 2.00 bits per heavy atom.